The summed E-state index contributed by atoms with van der Waals surface area (Å²) in [4.78, 5) is 2.36. The third kappa shape index (κ3) is 4.98. The highest BCUT2D eigenvalue weighted by Crippen LogP contribution is 2.33. The van der Waals surface area contributed by atoms with Gasteiger partial charge in [-0.15, -0.1) is 0 Å². The molecular weight excluding hydrogens is 464 g/mol. The first-order chi connectivity index (χ1) is 14.8. The first-order valence-corrected chi connectivity index (χ1v) is 13.3. The highest BCUT2D eigenvalue weighted by molar-refractivity contribution is 7.91. The Kier molecular flexibility index (Phi) is 6.45. The lowest BCUT2D eigenvalue weighted by molar-refractivity contribution is 0.171. The molecule has 2 heterocycles. The molecule has 2 aliphatic heterocycles. The van der Waals surface area contributed by atoms with E-state index >= 15 is 0 Å². The van der Waals surface area contributed by atoms with Gasteiger partial charge in [-0.25, -0.2) is 16.8 Å². The molecule has 0 unspecified atom stereocenters. The van der Waals surface area contributed by atoms with Crippen molar-refractivity contribution in [3.63, 3.8) is 0 Å². The summed E-state index contributed by atoms with van der Waals surface area (Å²) < 4.78 is 63.4. The molecule has 2 aliphatic rings. The van der Waals surface area contributed by atoms with Gasteiger partial charge >= 0.3 is 0 Å². The summed E-state index contributed by atoms with van der Waals surface area (Å²) in [5.74, 6) is 0.930. The molecule has 0 spiro atoms. The van der Waals surface area contributed by atoms with Crippen LogP contribution in [-0.4, -0.2) is 77.7 Å². The zero-order valence-electron chi connectivity index (χ0n) is 16.7. The minimum Gasteiger partial charge on any atom is -0.486 e. The van der Waals surface area contributed by atoms with Gasteiger partial charge in [-0.3, -0.25) is 4.90 Å². The first kappa shape index (κ1) is 22.3. The lowest BCUT2D eigenvalue weighted by Crippen LogP contribution is -2.49. The van der Waals surface area contributed by atoms with E-state index in [-0.39, 0.29) is 28.6 Å². The van der Waals surface area contributed by atoms with Gasteiger partial charge in [0.1, 0.15) is 13.2 Å². The second kappa shape index (κ2) is 8.95. The summed E-state index contributed by atoms with van der Waals surface area (Å²) >= 11 is 5.82. The van der Waals surface area contributed by atoms with Gasteiger partial charge in [-0.05, 0) is 36.4 Å². The molecule has 1 saturated heterocycles. The molecule has 8 nitrogen and oxygen atoms in total. The lowest BCUT2D eigenvalue weighted by atomic mass is 10.3. The number of halogens is 1. The van der Waals surface area contributed by atoms with Crippen LogP contribution in [0.5, 0.6) is 11.5 Å². The van der Waals surface area contributed by atoms with Crippen molar-refractivity contribution in [3.05, 3.63) is 47.5 Å². The third-order valence-electron chi connectivity index (χ3n) is 5.33. The largest absolute Gasteiger partial charge is 0.486 e. The van der Waals surface area contributed by atoms with E-state index in [1.807, 2.05) is 4.90 Å². The maximum Gasteiger partial charge on any atom is 0.243 e. The van der Waals surface area contributed by atoms with Gasteiger partial charge < -0.3 is 9.47 Å². The highest BCUT2D eigenvalue weighted by Gasteiger charge is 2.30. The van der Waals surface area contributed by atoms with Crippen LogP contribution in [0, 0.1) is 0 Å². The Labute approximate surface area is 187 Å². The number of hydrogen-bond donors (Lipinski definition) is 0. The molecule has 0 atom stereocenters. The van der Waals surface area contributed by atoms with Crippen molar-refractivity contribution in [2.24, 2.45) is 0 Å². The maximum absolute atomic E-state index is 13.0. The Morgan fingerprint density at radius 1 is 0.806 bits per heavy atom. The van der Waals surface area contributed by atoms with E-state index in [9.17, 15) is 16.8 Å². The number of benzene rings is 2. The van der Waals surface area contributed by atoms with E-state index in [1.54, 1.807) is 18.2 Å². The van der Waals surface area contributed by atoms with Crippen molar-refractivity contribution in [2.75, 3.05) is 51.7 Å². The zero-order chi connectivity index (χ0) is 22.1. The molecule has 31 heavy (non-hydrogen) atoms. The molecule has 0 amide bonds. The van der Waals surface area contributed by atoms with Gasteiger partial charge in [0.25, 0.3) is 0 Å². The molecule has 0 radical (unpaired) electrons. The number of piperazine rings is 1. The van der Waals surface area contributed by atoms with Crippen molar-refractivity contribution >= 4 is 31.5 Å². The minimum atomic E-state index is -3.67. The maximum atomic E-state index is 13.0. The van der Waals surface area contributed by atoms with Crippen LogP contribution >= 0.6 is 11.6 Å². The number of hydrogen-bond acceptors (Lipinski definition) is 7. The summed E-state index contributed by atoms with van der Waals surface area (Å²) in [6, 6.07) is 10.7. The summed E-state index contributed by atoms with van der Waals surface area (Å²) in [5.41, 5.74) is 0. The van der Waals surface area contributed by atoms with Crippen LogP contribution in [0.2, 0.25) is 5.02 Å². The van der Waals surface area contributed by atoms with Crippen molar-refractivity contribution in [3.8, 4) is 11.5 Å². The van der Waals surface area contributed by atoms with E-state index in [2.05, 4.69) is 0 Å². The molecule has 0 bridgehead atoms. The standard InChI is InChI=1S/C20H23ClN2O6S2/c21-16-1-3-17(4-2-16)30(24,25)14-11-22-7-9-23(10-8-22)31(26,27)18-5-6-19-20(15-18)29-13-12-28-19/h1-6,15H,7-14H2. The highest BCUT2D eigenvalue weighted by atomic mass is 35.5. The van der Waals surface area contributed by atoms with Crippen LogP contribution in [0.3, 0.4) is 0 Å². The number of ether oxygens (including phenoxy) is 2. The van der Waals surface area contributed by atoms with Crippen LogP contribution in [0.15, 0.2) is 52.3 Å². The smallest absolute Gasteiger partial charge is 0.243 e. The average Bonchev–Trinajstić information content (AvgIpc) is 2.78. The quantitative estimate of drug-likeness (QED) is 0.615. The Morgan fingerprint density at radius 3 is 2.10 bits per heavy atom. The molecule has 0 aliphatic carbocycles. The van der Waals surface area contributed by atoms with Crippen LogP contribution < -0.4 is 9.47 Å². The second-order valence-electron chi connectivity index (χ2n) is 7.32. The SMILES string of the molecule is O=S(=O)(CCN1CCN(S(=O)(=O)c2ccc3c(c2)OCCO3)CC1)c1ccc(Cl)cc1. The topological polar surface area (TPSA) is 93.2 Å². The molecule has 4 rings (SSSR count). The van der Waals surface area contributed by atoms with Crippen molar-refractivity contribution in [1.29, 1.82) is 0 Å². The van der Waals surface area contributed by atoms with E-state index in [4.69, 9.17) is 21.1 Å². The molecule has 11 heteroatoms. The summed E-state index contributed by atoms with van der Waals surface area (Å²) in [7, 11) is -7.10. The fourth-order valence-electron chi connectivity index (χ4n) is 3.54. The molecular formula is C20H23ClN2O6S2. The van der Waals surface area contributed by atoms with Crippen LogP contribution in [0.4, 0.5) is 0 Å². The molecule has 0 N–H and O–H groups in total. The number of nitrogens with zero attached hydrogens (tertiary/aromatic N) is 2. The molecule has 168 valence electrons. The number of sulfonamides is 1. The van der Waals surface area contributed by atoms with Gasteiger partial charge in [-0.2, -0.15) is 4.31 Å². The van der Waals surface area contributed by atoms with Crippen LogP contribution in [0.1, 0.15) is 0 Å². The lowest BCUT2D eigenvalue weighted by Gasteiger charge is -2.34. The minimum absolute atomic E-state index is 0.0382. The second-order valence-corrected chi connectivity index (χ2v) is 11.8. The molecule has 2 aromatic rings. The third-order valence-corrected chi connectivity index (χ3v) is 9.19. The van der Waals surface area contributed by atoms with Crippen molar-refractivity contribution < 1.29 is 26.3 Å². The summed E-state index contributed by atoms with van der Waals surface area (Å²) in [5, 5.41) is 0.481. The zero-order valence-corrected chi connectivity index (χ0v) is 19.1. The fourth-order valence-corrected chi connectivity index (χ4v) is 6.38. The Bertz CT molecular complexity index is 1140. The Hall–Kier alpha value is -1.85. The van der Waals surface area contributed by atoms with Crippen LogP contribution in [0.25, 0.3) is 0 Å². The molecule has 0 saturated carbocycles. The average molecular weight is 487 g/mol. The van der Waals surface area contributed by atoms with Crippen LogP contribution in [-0.2, 0) is 19.9 Å². The number of fused-ring (bicyclic) bond motifs is 1. The van der Waals surface area contributed by atoms with Gasteiger partial charge in [0.05, 0.1) is 15.5 Å². The fraction of sp³-hybridized carbons (Fsp3) is 0.400. The Morgan fingerprint density at radius 2 is 1.42 bits per heavy atom. The number of sulfone groups is 1. The van der Waals surface area contributed by atoms with Gasteiger partial charge in [0, 0.05) is 43.8 Å². The normalized spacial score (nSPS) is 18.1. The van der Waals surface area contributed by atoms with Crippen molar-refractivity contribution in [1.82, 2.24) is 9.21 Å². The number of rotatable bonds is 6. The molecule has 0 aromatic heterocycles. The molecule has 1 fully saturated rings. The predicted octanol–water partition coefficient (Wildman–Crippen LogP) is 1.89. The van der Waals surface area contributed by atoms with E-state index in [1.165, 1.54) is 28.6 Å². The first-order valence-electron chi connectivity index (χ1n) is 9.86. The van der Waals surface area contributed by atoms with Gasteiger partial charge in [-0.1, -0.05) is 11.6 Å². The monoisotopic (exact) mass is 486 g/mol. The predicted molar refractivity (Wildman–Crippen MR) is 116 cm³/mol. The summed E-state index contributed by atoms with van der Waals surface area (Å²) in [6.07, 6.45) is 0. The van der Waals surface area contributed by atoms with Gasteiger partial charge in [0.15, 0.2) is 21.3 Å². The molecule has 2 aromatic carbocycles. The van der Waals surface area contributed by atoms with E-state index < -0.39 is 19.9 Å². The van der Waals surface area contributed by atoms with E-state index in [0.29, 0.717) is 49.4 Å². The summed E-state index contributed by atoms with van der Waals surface area (Å²) in [6.45, 7) is 2.65. The van der Waals surface area contributed by atoms with E-state index in [0.717, 1.165) is 0 Å². The van der Waals surface area contributed by atoms with Crippen molar-refractivity contribution in [2.45, 2.75) is 9.79 Å². The van der Waals surface area contributed by atoms with Gasteiger partial charge in [0.2, 0.25) is 10.0 Å². The Balaban J connectivity index is 1.35.